The van der Waals surface area contributed by atoms with Gasteiger partial charge in [0.25, 0.3) is 0 Å². The lowest BCUT2D eigenvalue weighted by atomic mass is 10.00. The molecule has 0 aromatic rings. The van der Waals surface area contributed by atoms with Crippen LogP contribution in [0.25, 0.3) is 0 Å². The summed E-state index contributed by atoms with van der Waals surface area (Å²) in [5.74, 6) is -0.00970. The first-order chi connectivity index (χ1) is 8.72. The van der Waals surface area contributed by atoms with Crippen LogP contribution in [0.1, 0.15) is 77.6 Å². The van der Waals surface area contributed by atoms with Crippen molar-refractivity contribution < 1.29 is 9.53 Å². The zero-order chi connectivity index (χ0) is 13.2. The minimum Gasteiger partial charge on any atom is -0.462 e. The average Bonchev–Trinajstić information content (AvgIpc) is 2.36. The molecule has 0 saturated carbocycles. The van der Waals surface area contributed by atoms with Gasteiger partial charge in [-0.1, -0.05) is 44.8 Å². The van der Waals surface area contributed by atoms with Crippen LogP contribution in [0.4, 0.5) is 0 Å². The zero-order valence-electron chi connectivity index (χ0n) is 11.9. The molecule has 0 aliphatic carbocycles. The topological polar surface area (TPSA) is 26.3 Å². The molecule has 2 heteroatoms. The molecular weight excluding hydrogens is 224 g/mol. The molecule has 1 rings (SSSR count). The van der Waals surface area contributed by atoms with Crippen LogP contribution >= 0.6 is 0 Å². The van der Waals surface area contributed by atoms with Crippen molar-refractivity contribution in [1.82, 2.24) is 0 Å². The van der Waals surface area contributed by atoms with Crippen LogP contribution in [0.2, 0.25) is 0 Å². The highest BCUT2D eigenvalue weighted by molar-refractivity contribution is 5.69. The Morgan fingerprint density at radius 1 is 1.06 bits per heavy atom. The molecule has 1 saturated heterocycles. The van der Waals surface area contributed by atoms with Gasteiger partial charge in [0.15, 0.2) is 0 Å². The molecule has 0 bridgehead atoms. The number of allylic oxidation sites excluding steroid dienone is 1. The van der Waals surface area contributed by atoms with Crippen molar-refractivity contribution >= 4 is 5.97 Å². The first-order valence-electron chi connectivity index (χ1n) is 7.58. The third kappa shape index (κ3) is 6.83. The number of rotatable bonds is 1. The Morgan fingerprint density at radius 2 is 1.67 bits per heavy atom. The molecule has 2 nitrogen and oxygen atoms in total. The largest absolute Gasteiger partial charge is 0.462 e. The van der Waals surface area contributed by atoms with Crippen LogP contribution in [0.5, 0.6) is 0 Å². The van der Waals surface area contributed by atoms with Crippen LogP contribution in [0.3, 0.4) is 0 Å². The van der Waals surface area contributed by atoms with Gasteiger partial charge in [0.05, 0.1) is 0 Å². The smallest absolute Gasteiger partial charge is 0.306 e. The van der Waals surface area contributed by atoms with Gasteiger partial charge >= 0.3 is 5.97 Å². The van der Waals surface area contributed by atoms with E-state index in [1.54, 1.807) is 0 Å². The lowest BCUT2D eigenvalue weighted by Gasteiger charge is -2.17. The predicted molar refractivity (Wildman–Crippen MR) is 75.5 cm³/mol. The van der Waals surface area contributed by atoms with Crippen molar-refractivity contribution in [3.05, 3.63) is 12.2 Å². The van der Waals surface area contributed by atoms with Crippen molar-refractivity contribution in [2.24, 2.45) is 0 Å². The summed E-state index contributed by atoms with van der Waals surface area (Å²) in [6.45, 7) is 6.22. The summed E-state index contributed by atoms with van der Waals surface area (Å²) in [4.78, 5) is 11.7. The number of esters is 1. The summed E-state index contributed by atoms with van der Waals surface area (Å²) < 4.78 is 5.51. The van der Waals surface area contributed by atoms with E-state index in [0.29, 0.717) is 6.42 Å². The van der Waals surface area contributed by atoms with Crippen molar-refractivity contribution in [3.8, 4) is 0 Å². The standard InChI is InChI=1S/C16H28O2/c1-3-15-13-12-14(2)10-8-6-4-5-7-9-11-16(17)18-15/h15H,2-13H2,1H3. The van der Waals surface area contributed by atoms with E-state index in [0.717, 1.165) is 38.5 Å². The number of ether oxygens (including phenoxy) is 1. The Hall–Kier alpha value is -0.790. The molecule has 0 N–H and O–H groups in total. The number of hydrogen-bond donors (Lipinski definition) is 0. The molecule has 1 unspecified atom stereocenters. The van der Waals surface area contributed by atoms with Gasteiger partial charge in [0, 0.05) is 6.42 Å². The molecule has 1 aliphatic heterocycles. The second-order valence-corrected chi connectivity index (χ2v) is 5.43. The molecule has 0 aromatic heterocycles. The summed E-state index contributed by atoms with van der Waals surface area (Å²) in [7, 11) is 0. The maximum atomic E-state index is 11.7. The molecule has 0 aromatic carbocycles. The minimum absolute atomic E-state index is 0.00970. The van der Waals surface area contributed by atoms with E-state index in [-0.39, 0.29) is 12.1 Å². The first kappa shape index (κ1) is 15.3. The van der Waals surface area contributed by atoms with E-state index in [4.69, 9.17) is 4.74 Å². The SMILES string of the molecule is C=C1CCCCCCCCC(=O)OC(CC)CC1. The third-order valence-corrected chi connectivity index (χ3v) is 3.73. The molecule has 0 spiro atoms. The molecule has 104 valence electrons. The maximum Gasteiger partial charge on any atom is 0.306 e. The number of cyclic esters (lactones) is 1. The third-order valence-electron chi connectivity index (χ3n) is 3.73. The van der Waals surface area contributed by atoms with Gasteiger partial charge in [-0.3, -0.25) is 4.79 Å². The average molecular weight is 252 g/mol. The highest BCUT2D eigenvalue weighted by Gasteiger charge is 2.13. The Morgan fingerprint density at radius 3 is 2.33 bits per heavy atom. The summed E-state index contributed by atoms with van der Waals surface area (Å²) in [6.07, 6.45) is 12.0. The molecule has 1 aliphatic rings. The summed E-state index contributed by atoms with van der Waals surface area (Å²) >= 11 is 0. The van der Waals surface area contributed by atoms with Gasteiger partial charge in [-0.2, -0.15) is 0 Å². The number of hydrogen-bond acceptors (Lipinski definition) is 2. The van der Waals surface area contributed by atoms with E-state index < -0.39 is 0 Å². The number of carbonyl (C=O) groups excluding carboxylic acids is 1. The monoisotopic (exact) mass is 252 g/mol. The zero-order valence-corrected chi connectivity index (χ0v) is 11.9. The van der Waals surface area contributed by atoms with E-state index in [9.17, 15) is 4.79 Å². The van der Waals surface area contributed by atoms with Crippen LogP contribution in [0, 0.1) is 0 Å². The van der Waals surface area contributed by atoms with Gasteiger partial charge in [0.1, 0.15) is 6.10 Å². The molecule has 1 heterocycles. The Kier molecular flexibility index (Phi) is 7.79. The van der Waals surface area contributed by atoms with Crippen LogP contribution in [0.15, 0.2) is 12.2 Å². The Bertz CT molecular complexity index is 258. The van der Waals surface area contributed by atoms with Crippen LogP contribution < -0.4 is 0 Å². The first-order valence-corrected chi connectivity index (χ1v) is 7.58. The van der Waals surface area contributed by atoms with Crippen molar-refractivity contribution in [3.63, 3.8) is 0 Å². The minimum atomic E-state index is -0.00970. The molecule has 1 atom stereocenters. The summed E-state index contributed by atoms with van der Waals surface area (Å²) in [5, 5.41) is 0. The Labute approximate surface area is 112 Å². The van der Waals surface area contributed by atoms with Gasteiger partial charge in [-0.25, -0.2) is 0 Å². The summed E-state index contributed by atoms with van der Waals surface area (Å²) in [6, 6.07) is 0. The highest BCUT2D eigenvalue weighted by atomic mass is 16.5. The number of carbonyl (C=O) groups is 1. The van der Waals surface area contributed by atoms with Gasteiger partial charge in [-0.05, 0) is 38.5 Å². The van der Waals surface area contributed by atoms with Crippen LogP contribution in [-0.4, -0.2) is 12.1 Å². The molecule has 0 radical (unpaired) electrons. The molecule has 18 heavy (non-hydrogen) atoms. The van der Waals surface area contributed by atoms with Crippen molar-refractivity contribution in [1.29, 1.82) is 0 Å². The predicted octanol–water partition coefficient (Wildman–Crippen LogP) is 4.78. The lowest BCUT2D eigenvalue weighted by Crippen LogP contribution is -2.17. The quantitative estimate of drug-likeness (QED) is 0.496. The molecular formula is C16H28O2. The highest BCUT2D eigenvalue weighted by Crippen LogP contribution is 2.19. The van der Waals surface area contributed by atoms with Gasteiger partial charge in [0.2, 0.25) is 0 Å². The van der Waals surface area contributed by atoms with Crippen LogP contribution in [-0.2, 0) is 9.53 Å². The normalized spacial score (nSPS) is 25.3. The van der Waals surface area contributed by atoms with E-state index in [1.807, 2.05) is 0 Å². The molecule has 0 amide bonds. The van der Waals surface area contributed by atoms with E-state index in [2.05, 4.69) is 13.5 Å². The second-order valence-electron chi connectivity index (χ2n) is 5.43. The maximum absolute atomic E-state index is 11.7. The fourth-order valence-electron chi connectivity index (χ4n) is 2.43. The van der Waals surface area contributed by atoms with Crippen molar-refractivity contribution in [2.45, 2.75) is 83.7 Å². The molecule has 1 fully saturated rings. The fraction of sp³-hybridized carbons (Fsp3) is 0.812. The lowest BCUT2D eigenvalue weighted by molar-refractivity contribution is -0.149. The van der Waals surface area contributed by atoms with Gasteiger partial charge < -0.3 is 4.74 Å². The van der Waals surface area contributed by atoms with E-state index >= 15 is 0 Å². The van der Waals surface area contributed by atoms with E-state index in [1.165, 1.54) is 31.3 Å². The van der Waals surface area contributed by atoms with Gasteiger partial charge in [-0.15, -0.1) is 0 Å². The Balaban J connectivity index is 2.42. The summed E-state index contributed by atoms with van der Waals surface area (Å²) in [5.41, 5.74) is 1.32. The van der Waals surface area contributed by atoms with Crippen molar-refractivity contribution in [2.75, 3.05) is 0 Å². The fourth-order valence-corrected chi connectivity index (χ4v) is 2.43. The second kappa shape index (κ2) is 9.18.